The molecule has 15 heavy (non-hydrogen) atoms. The highest BCUT2D eigenvalue weighted by Gasteiger charge is 2.52. The highest BCUT2D eigenvalue weighted by molar-refractivity contribution is 5.86. The number of rotatable bonds is 1. The van der Waals surface area contributed by atoms with Gasteiger partial charge in [-0.25, -0.2) is 0 Å². The second kappa shape index (κ2) is 3.85. The standard InChI is InChI=1S/C11H18O4/c1-7-8(2)11(4-3-5-14-11)15-9(6-12)10(7)13/h7-9,12H,3-6H2,1-2H3/t7-,8-,9-,11+/m0/s1. The smallest absolute Gasteiger partial charge is 0.172 e. The lowest BCUT2D eigenvalue weighted by Crippen LogP contribution is -2.55. The van der Waals surface area contributed by atoms with E-state index in [9.17, 15) is 4.79 Å². The maximum Gasteiger partial charge on any atom is 0.172 e. The lowest BCUT2D eigenvalue weighted by Gasteiger charge is -2.44. The summed E-state index contributed by atoms with van der Waals surface area (Å²) in [7, 11) is 0. The van der Waals surface area contributed by atoms with Crippen LogP contribution in [0.1, 0.15) is 26.7 Å². The third kappa shape index (κ3) is 1.61. The van der Waals surface area contributed by atoms with Gasteiger partial charge in [-0.15, -0.1) is 0 Å². The van der Waals surface area contributed by atoms with Crippen molar-refractivity contribution in [1.82, 2.24) is 0 Å². The monoisotopic (exact) mass is 214 g/mol. The molecule has 2 saturated heterocycles. The van der Waals surface area contributed by atoms with Crippen molar-refractivity contribution < 1.29 is 19.4 Å². The Kier molecular flexibility index (Phi) is 2.83. The Morgan fingerprint density at radius 1 is 1.53 bits per heavy atom. The van der Waals surface area contributed by atoms with E-state index in [4.69, 9.17) is 14.6 Å². The zero-order valence-electron chi connectivity index (χ0n) is 9.23. The maximum absolute atomic E-state index is 11.8. The fourth-order valence-electron chi connectivity index (χ4n) is 2.54. The number of hydrogen-bond donors (Lipinski definition) is 1. The zero-order chi connectivity index (χ0) is 11.1. The van der Waals surface area contributed by atoms with Crippen molar-refractivity contribution in [3.63, 3.8) is 0 Å². The van der Waals surface area contributed by atoms with E-state index in [0.717, 1.165) is 12.8 Å². The molecule has 2 aliphatic heterocycles. The van der Waals surface area contributed by atoms with Crippen LogP contribution in [0.3, 0.4) is 0 Å². The fraction of sp³-hybridized carbons (Fsp3) is 0.909. The second-order valence-electron chi connectivity index (χ2n) is 4.53. The van der Waals surface area contributed by atoms with Gasteiger partial charge in [0.05, 0.1) is 13.2 Å². The molecule has 0 aromatic heterocycles. The second-order valence-corrected chi connectivity index (χ2v) is 4.53. The number of hydrogen-bond acceptors (Lipinski definition) is 4. The summed E-state index contributed by atoms with van der Waals surface area (Å²) in [5, 5.41) is 9.11. The maximum atomic E-state index is 11.8. The molecule has 1 N–H and O–H groups in total. The minimum Gasteiger partial charge on any atom is -0.393 e. The molecule has 2 fully saturated rings. The highest BCUT2D eigenvalue weighted by atomic mass is 16.7. The van der Waals surface area contributed by atoms with Gasteiger partial charge in [-0.1, -0.05) is 13.8 Å². The van der Waals surface area contributed by atoms with Crippen LogP contribution in [0.2, 0.25) is 0 Å². The van der Waals surface area contributed by atoms with E-state index in [1.165, 1.54) is 0 Å². The molecule has 0 aromatic carbocycles. The topological polar surface area (TPSA) is 55.8 Å². The Morgan fingerprint density at radius 2 is 2.27 bits per heavy atom. The number of carbonyl (C=O) groups is 1. The molecule has 2 heterocycles. The third-order valence-corrected chi connectivity index (χ3v) is 3.73. The summed E-state index contributed by atoms with van der Waals surface area (Å²) in [6, 6.07) is 0. The SMILES string of the molecule is C[C@@H]1C(=O)[C@H](CO)O[C@]2(CCCO2)[C@H]1C. The summed E-state index contributed by atoms with van der Waals surface area (Å²) in [5.74, 6) is -0.670. The van der Waals surface area contributed by atoms with Crippen molar-refractivity contribution >= 4 is 5.78 Å². The first kappa shape index (κ1) is 11.0. The van der Waals surface area contributed by atoms with E-state index < -0.39 is 11.9 Å². The molecule has 1 spiro atoms. The average Bonchev–Trinajstić information content (AvgIpc) is 2.70. The van der Waals surface area contributed by atoms with E-state index in [1.54, 1.807) is 0 Å². The van der Waals surface area contributed by atoms with Crippen molar-refractivity contribution in [3.05, 3.63) is 0 Å². The minimum absolute atomic E-state index is 0.00822. The molecule has 4 atom stereocenters. The number of ketones is 1. The number of ether oxygens (including phenoxy) is 2. The lowest BCUT2D eigenvalue weighted by molar-refractivity contribution is -0.284. The zero-order valence-corrected chi connectivity index (χ0v) is 9.23. The van der Waals surface area contributed by atoms with Gasteiger partial charge in [-0.3, -0.25) is 4.79 Å². The van der Waals surface area contributed by atoms with Gasteiger partial charge in [0.15, 0.2) is 11.6 Å². The van der Waals surface area contributed by atoms with Crippen molar-refractivity contribution in [1.29, 1.82) is 0 Å². The molecule has 4 nitrogen and oxygen atoms in total. The van der Waals surface area contributed by atoms with Crippen LogP contribution in [0.25, 0.3) is 0 Å². The number of aliphatic hydroxyl groups is 1. The van der Waals surface area contributed by atoms with E-state index in [-0.39, 0.29) is 24.2 Å². The van der Waals surface area contributed by atoms with Crippen molar-refractivity contribution in [2.24, 2.45) is 11.8 Å². The molecule has 2 rings (SSSR count). The van der Waals surface area contributed by atoms with Gasteiger partial charge in [0.2, 0.25) is 0 Å². The molecule has 0 aromatic rings. The molecule has 4 heteroatoms. The first-order valence-electron chi connectivity index (χ1n) is 5.57. The van der Waals surface area contributed by atoms with E-state index in [0.29, 0.717) is 6.61 Å². The van der Waals surface area contributed by atoms with Crippen LogP contribution in [0.4, 0.5) is 0 Å². The van der Waals surface area contributed by atoms with Gasteiger partial charge in [-0.05, 0) is 6.42 Å². The molecule has 2 aliphatic rings. The van der Waals surface area contributed by atoms with Gasteiger partial charge in [0.25, 0.3) is 0 Å². The van der Waals surface area contributed by atoms with Gasteiger partial charge in [0, 0.05) is 18.3 Å². The Balaban J connectivity index is 2.23. The van der Waals surface area contributed by atoms with Crippen LogP contribution >= 0.6 is 0 Å². The van der Waals surface area contributed by atoms with Crippen molar-refractivity contribution in [2.45, 2.75) is 38.6 Å². The van der Waals surface area contributed by atoms with E-state index >= 15 is 0 Å². The van der Waals surface area contributed by atoms with Crippen LogP contribution in [0, 0.1) is 11.8 Å². The Bertz CT molecular complexity index is 253. The van der Waals surface area contributed by atoms with Crippen LogP contribution in [-0.2, 0) is 14.3 Å². The van der Waals surface area contributed by atoms with Gasteiger partial charge < -0.3 is 14.6 Å². The quantitative estimate of drug-likeness (QED) is 0.699. The first-order chi connectivity index (χ1) is 7.10. The highest BCUT2D eigenvalue weighted by Crippen LogP contribution is 2.43. The van der Waals surface area contributed by atoms with Crippen LogP contribution in [-0.4, -0.2) is 36.0 Å². The lowest BCUT2D eigenvalue weighted by atomic mass is 9.79. The molecule has 0 radical (unpaired) electrons. The summed E-state index contributed by atoms with van der Waals surface area (Å²) in [6.07, 6.45) is 1.08. The van der Waals surface area contributed by atoms with E-state index in [1.807, 2.05) is 13.8 Å². The molecular formula is C11H18O4. The van der Waals surface area contributed by atoms with Crippen LogP contribution in [0.15, 0.2) is 0 Å². The summed E-state index contributed by atoms with van der Waals surface area (Å²) in [6.45, 7) is 4.31. The fourth-order valence-corrected chi connectivity index (χ4v) is 2.54. The van der Waals surface area contributed by atoms with Gasteiger partial charge >= 0.3 is 0 Å². The van der Waals surface area contributed by atoms with Gasteiger partial charge in [0.1, 0.15) is 6.10 Å². The molecule has 0 unspecified atom stereocenters. The molecule has 0 saturated carbocycles. The molecule has 0 amide bonds. The Labute approximate surface area is 89.6 Å². The van der Waals surface area contributed by atoms with Crippen molar-refractivity contribution in [2.75, 3.05) is 13.2 Å². The predicted octanol–water partition coefficient (Wildman–Crippen LogP) is 0.726. The number of carbonyl (C=O) groups excluding carboxylic acids is 1. The Hall–Kier alpha value is -0.450. The van der Waals surface area contributed by atoms with Gasteiger partial charge in [-0.2, -0.15) is 0 Å². The number of Topliss-reactive ketones (excluding diaryl/α,β-unsaturated/α-hetero) is 1. The average molecular weight is 214 g/mol. The largest absolute Gasteiger partial charge is 0.393 e. The van der Waals surface area contributed by atoms with E-state index in [2.05, 4.69) is 0 Å². The summed E-state index contributed by atoms with van der Waals surface area (Å²) in [4.78, 5) is 11.8. The number of aliphatic hydroxyl groups excluding tert-OH is 1. The van der Waals surface area contributed by atoms with Crippen LogP contribution in [0.5, 0.6) is 0 Å². The first-order valence-corrected chi connectivity index (χ1v) is 5.57. The molecular weight excluding hydrogens is 196 g/mol. The summed E-state index contributed by atoms with van der Waals surface area (Å²) >= 11 is 0. The summed E-state index contributed by atoms with van der Waals surface area (Å²) in [5.41, 5.74) is 0. The van der Waals surface area contributed by atoms with Crippen molar-refractivity contribution in [3.8, 4) is 0 Å². The molecule has 86 valence electrons. The Morgan fingerprint density at radius 3 is 2.80 bits per heavy atom. The molecule has 0 bridgehead atoms. The molecule has 0 aliphatic carbocycles. The summed E-state index contributed by atoms with van der Waals surface area (Å²) < 4.78 is 11.3. The van der Waals surface area contributed by atoms with Crippen LogP contribution < -0.4 is 0 Å². The normalized spacial score (nSPS) is 46.3. The third-order valence-electron chi connectivity index (χ3n) is 3.73. The minimum atomic E-state index is -0.700. The predicted molar refractivity (Wildman–Crippen MR) is 53.2 cm³/mol.